The van der Waals surface area contributed by atoms with Gasteiger partial charge in [-0.05, 0) is 47.4 Å². The van der Waals surface area contributed by atoms with Crippen LogP contribution in [0.3, 0.4) is 0 Å². The molecule has 1 aliphatic heterocycles. The zero-order valence-electron chi connectivity index (χ0n) is 26.0. The molecule has 1 aliphatic rings. The minimum Gasteiger partial charge on any atom is -0.445 e. The maximum Gasteiger partial charge on any atom is 0.407 e. The molecule has 7 heteroatoms. The van der Waals surface area contributed by atoms with E-state index in [1.807, 2.05) is 66.7 Å². The summed E-state index contributed by atoms with van der Waals surface area (Å²) in [5.74, 6) is 0. The third-order valence-electron chi connectivity index (χ3n) is 8.32. The largest absolute Gasteiger partial charge is 0.445 e. The normalized spacial score (nSPS) is 18.7. The Balaban J connectivity index is 1.34. The fraction of sp³-hybridized carbons (Fsp3) is 0.289. The highest BCUT2D eigenvalue weighted by Crippen LogP contribution is 2.39. The minimum atomic E-state index is -0.544. The van der Waals surface area contributed by atoms with Gasteiger partial charge in [0.25, 0.3) is 0 Å². The highest BCUT2D eigenvalue weighted by Gasteiger charge is 2.33. The fourth-order valence-corrected chi connectivity index (χ4v) is 5.63. The molecule has 5 rings (SSSR count). The highest BCUT2D eigenvalue weighted by molar-refractivity contribution is 5.70. The summed E-state index contributed by atoms with van der Waals surface area (Å²) in [6, 6.07) is 34.9. The number of hydrogen-bond donors (Lipinski definition) is 2. The van der Waals surface area contributed by atoms with Gasteiger partial charge in [0.05, 0.1) is 18.8 Å². The van der Waals surface area contributed by atoms with Crippen LogP contribution in [0.2, 0.25) is 0 Å². The van der Waals surface area contributed by atoms with E-state index < -0.39 is 12.4 Å². The van der Waals surface area contributed by atoms with E-state index >= 15 is 0 Å². The average molecular weight is 607 g/mol. The SMILES string of the molecule is C=CCOC(=O)NCc1ccccc1-c1ccc([C@H]2O[C@@H](CN(C)[C@@H](C)c3ccccc3)C[C@@H](c3ccc(CO)cc3)O2)cc1. The predicted molar refractivity (Wildman–Crippen MR) is 176 cm³/mol. The Kier molecular flexibility index (Phi) is 11.2. The quantitative estimate of drug-likeness (QED) is 0.163. The van der Waals surface area contributed by atoms with E-state index in [1.165, 1.54) is 11.6 Å². The number of carbonyl (C=O) groups is 1. The second-order valence-electron chi connectivity index (χ2n) is 11.4. The van der Waals surface area contributed by atoms with Gasteiger partial charge in [-0.1, -0.05) is 116 Å². The lowest BCUT2D eigenvalue weighted by Gasteiger charge is -2.39. The van der Waals surface area contributed by atoms with E-state index in [-0.39, 0.29) is 31.5 Å². The number of aliphatic hydroxyl groups excluding tert-OH is 1. The third kappa shape index (κ3) is 8.47. The van der Waals surface area contributed by atoms with Gasteiger partial charge in [0.1, 0.15) is 6.61 Å². The summed E-state index contributed by atoms with van der Waals surface area (Å²) in [7, 11) is 2.14. The van der Waals surface area contributed by atoms with Gasteiger partial charge in [-0.15, -0.1) is 0 Å². The van der Waals surface area contributed by atoms with Gasteiger partial charge < -0.3 is 24.6 Å². The molecule has 1 saturated heterocycles. The first-order valence-electron chi connectivity index (χ1n) is 15.4. The Hall–Kier alpha value is -4.27. The number of ether oxygens (including phenoxy) is 3. The molecule has 0 saturated carbocycles. The fourth-order valence-electron chi connectivity index (χ4n) is 5.63. The van der Waals surface area contributed by atoms with E-state index in [4.69, 9.17) is 14.2 Å². The van der Waals surface area contributed by atoms with Gasteiger partial charge in [0, 0.05) is 31.1 Å². The van der Waals surface area contributed by atoms with Crippen molar-refractivity contribution in [3.05, 3.63) is 144 Å². The number of nitrogens with zero attached hydrogens (tertiary/aromatic N) is 1. The summed E-state index contributed by atoms with van der Waals surface area (Å²) in [6.45, 7) is 7.05. The van der Waals surface area contributed by atoms with Gasteiger partial charge in [-0.3, -0.25) is 4.90 Å². The van der Waals surface area contributed by atoms with Crippen molar-refractivity contribution in [2.45, 2.75) is 51.0 Å². The summed E-state index contributed by atoms with van der Waals surface area (Å²) < 4.78 is 18.3. The van der Waals surface area contributed by atoms with Crippen molar-refractivity contribution in [3.8, 4) is 11.1 Å². The molecular formula is C38H42N2O5. The van der Waals surface area contributed by atoms with Crippen LogP contribution in [0, 0.1) is 0 Å². The lowest BCUT2D eigenvalue weighted by Crippen LogP contribution is -2.38. The van der Waals surface area contributed by atoms with Gasteiger partial charge in [0.15, 0.2) is 6.29 Å². The number of carbonyl (C=O) groups excluding carboxylic acids is 1. The summed E-state index contributed by atoms with van der Waals surface area (Å²) >= 11 is 0. The number of nitrogens with one attached hydrogen (secondary N) is 1. The Morgan fingerprint density at radius 3 is 2.38 bits per heavy atom. The average Bonchev–Trinajstić information content (AvgIpc) is 3.10. The van der Waals surface area contributed by atoms with Gasteiger partial charge in [-0.25, -0.2) is 4.79 Å². The molecule has 0 aliphatic carbocycles. The van der Waals surface area contributed by atoms with Crippen molar-refractivity contribution in [3.63, 3.8) is 0 Å². The van der Waals surface area contributed by atoms with E-state index in [9.17, 15) is 9.90 Å². The summed E-state index contributed by atoms with van der Waals surface area (Å²) in [6.07, 6.45) is 1.01. The molecule has 0 radical (unpaired) electrons. The van der Waals surface area contributed by atoms with Crippen LogP contribution in [0.15, 0.2) is 116 Å². The van der Waals surface area contributed by atoms with Crippen LogP contribution in [0.25, 0.3) is 11.1 Å². The third-order valence-corrected chi connectivity index (χ3v) is 8.32. The van der Waals surface area contributed by atoms with E-state index in [1.54, 1.807) is 0 Å². The molecule has 0 aromatic heterocycles. The van der Waals surface area contributed by atoms with Gasteiger partial charge in [0.2, 0.25) is 0 Å². The van der Waals surface area contributed by atoms with Crippen LogP contribution in [-0.4, -0.2) is 42.4 Å². The molecule has 2 N–H and O–H groups in total. The first-order chi connectivity index (χ1) is 21.9. The molecule has 1 amide bonds. The zero-order chi connectivity index (χ0) is 31.6. The lowest BCUT2D eigenvalue weighted by atomic mass is 9.97. The molecule has 4 aromatic carbocycles. The maximum absolute atomic E-state index is 12.0. The van der Waals surface area contributed by atoms with Crippen LogP contribution >= 0.6 is 0 Å². The molecule has 234 valence electrons. The molecule has 1 fully saturated rings. The minimum absolute atomic E-state index is 0.00721. The lowest BCUT2D eigenvalue weighted by molar-refractivity contribution is -0.253. The summed E-state index contributed by atoms with van der Waals surface area (Å²) in [5, 5.41) is 12.3. The number of hydrogen-bond acceptors (Lipinski definition) is 6. The smallest absolute Gasteiger partial charge is 0.407 e. The Morgan fingerprint density at radius 1 is 0.978 bits per heavy atom. The van der Waals surface area contributed by atoms with E-state index in [0.717, 1.165) is 39.9 Å². The number of amides is 1. The number of likely N-dealkylation sites (N-methyl/N-ethyl adjacent to an activating group) is 1. The van der Waals surface area contributed by atoms with E-state index in [2.05, 4.69) is 67.2 Å². The number of aliphatic hydroxyl groups is 1. The van der Waals surface area contributed by atoms with Crippen molar-refractivity contribution in [2.24, 2.45) is 0 Å². The van der Waals surface area contributed by atoms with Crippen LogP contribution in [0.1, 0.15) is 59.6 Å². The molecular weight excluding hydrogens is 564 g/mol. The first-order valence-corrected chi connectivity index (χ1v) is 15.4. The van der Waals surface area contributed by atoms with Crippen LogP contribution < -0.4 is 5.32 Å². The molecule has 45 heavy (non-hydrogen) atoms. The summed E-state index contributed by atoms with van der Waals surface area (Å²) in [4.78, 5) is 14.3. The Morgan fingerprint density at radius 2 is 1.67 bits per heavy atom. The molecule has 7 nitrogen and oxygen atoms in total. The molecule has 0 unspecified atom stereocenters. The Labute approximate surface area is 266 Å². The molecule has 1 heterocycles. The van der Waals surface area contributed by atoms with Gasteiger partial charge in [-0.2, -0.15) is 0 Å². The van der Waals surface area contributed by atoms with Crippen molar-refractivity contribution < 1.29 is 24.1 Å². The number of alkyl carbamates (subject to hydrolysis) is 1. The highest BCUT2D eigenvalue weighted by atomic mass is 16.7. The molecule has 4 atom stereocenters. The molecule has 0 spiro atoms. The van der Waals surface area contributed by atoms with Crippen molar-refractivity contribution >= 4 is 6.09 Å². The topological polar surface area (TPSA) is 80.3 Å². The predicted octanol–water partition coefficient (Wildman–Crippen LogP) is 7.50. The van der Waals surface area contributed by atoms with Crippen LogP contribution in [-0.2, 0) is 27.4 Å². The second kappa shape index (κ2) is 15.6. The number of rotatable bonds is 12. The van der Waals surface area contributed by atoms with E-state index in [0.29, 0.717) is 13.0 Å². The molecule has 4 aromatic rings. The van der Waals surface area contributed by atoms with Crippen LogP contribution in [0.5, 0.6) is 0 Å². The van der Waals surface area contributed by atoms with Crippen molar-refractivity contribution in [1.29, 1.82) is 0 Å². The first kappa shape index (κ1) is 32.1. The molecule has 0 bridgehead atoms. The summed E-state index contributed by atoms with van der Waals surface area (Å²) in [5.41, 5.74) is 7.16. The monoisotopic (exact) mass is 606 g/mol. The zero-order valence-corrected chi connectivity index (χ0v) is 26.0. The van der Waals surface area contributed by atoms with Crippen LogP contribution in [0.4, 0.5) is 4.79 Å². The Bertz CT molecular complexity index is 1520. The van der Waals surface area contributed by atoms with Gasteiger partial charge >= 0.3 is 6.09 Å². The number of benzene rings is 4. The van der Waals surface area contributed by atoms with Crippen molar-refractivity contribution in [2.75, 3.05) is 20.2 Å². The standard InChI is InChI=1S/C38H42N2O5/c1-4-22-43-38(42)39-24-33-12-8-9-13-35(33)30-18-20-32(21-19-30)37-44-34(25-40(3)27(2)29-10-6-5-7-11-29)23-36(45-37)31-16-14-28(26-41)15-17-31/h4-21,27,34,36-37,41H,1,22-26H2,2-3H3,(H,39,42)/t27-,34+,36-,37-/m0/s1. The van der Waals surface area contributed by atoms with Crippen molar-refractivity contribution in [1.82, 2.24) is 10.2 Å². The second-order valence-corrected chi connectivity index (χ2v) is 11.4. The maximum atomic E-state index is 12.0.